The minimum Gasteiger partial charge on any atom is -0.481 e. The lowest BCUT2D eigenvalue weighted by atomic mass is 10.1. The molecule has 2 aromatic heterocycles. The van der Waals surface area contributed by atoms with Crippen LogP contribution in [0.5, 0.6) is 0 Å². The molecule has 0 saturated heterocycles. The summed E-state index contributed by atoms with van der Waals surface area (Å²) in [5.41, 5.74) is 6.88. The van der Waals surface area contributed by atoms with Crippen molar-refractivity contribution in [2.75, 3.05) is 5.32 Å². The van der Waals surface area contributed by atoms with Crippen molar-refractivity contribution < 1.29 is 9.90 Å². The predicted molar refractivity (Wildman–Crippen MR) is 144 cm³/mol. The lowest BCUT2D eigenvalue weighted by Crippen LogP contribution is -2.05. The first-order valence-corrected chi connectivity index (χ1v) is 12.7. The number of benzene rings is 3. The Morgan fingerprint density at radius 1 is 0.833 bits per heavy atom. The summed E-state index contributed by atoms with van der Waals surface area (Å²) in [4.78, 5) is 25.4. The minimum atomic E-state index is -0.849. The van der Waals surface area contributed by atoms with Crippen molar-refractivity contribution in [2.45, 2.75) is 32.6 Å². The van der Waals surface area contributed by atoms with Crippen LogP contribution in [-0.4, -0.2) is 26.0 Å². The Kier molecular flexibility index (Phi) is 7.00. The van der Waals surface area contributed by atoms with E-state index in [4.69, 9.17) is 20.1 Å². The Balaban J connectivity index is 1.43. The van der Waals surface area contributed by atoms with Gasteiger partial charge in [0.1, 0.15) is 0 Å². The zero-order valence-corrected chi connectivity index (χ0v) is 20.8. The maximum atomic E-state index is 11.0. The third-order valence-corrected chi connectivity index (χ3v) is 6.88. The number of rotatable bonds is 9. The van der Waals surface area contributed by atoms with Crippen molar-refractivity contribution in [2.24, 2.45) is 0 Å². The van der Waals surface area contributed by atoms with Gasteiger partial charge in [-0.05, 0) is 53.4 Å². The van der Waals surface area contributed by atoms with Gasteiger partial charge in [0.05, 0.1) is 33.0 Å². The third kappa shape index (κ3) is 5.93. The molecule has 0 fully saturated rings. The summed E-state index contributed by atoms with van der Waals surface area (Å²) in [6.07, 6.45) is 2.32. The van der Waals surface area contributed by atoms with E-state index in [9.17, 15) is 4.79 Å². The van der Waals surface area contributed by atoms with Gasteiger partial charge in [0.15, 0.2) is 0 Å². The van der Waals surface area contributed by atoms with Crippen molar-refractivity contribution in [1.29, 1.82) is 0 Å². The number of aryl methyl sites for hydroxylation is 1. The molecule has 0 aliphatic carbocycles. The highest BCUT2D eigenvalue weighted by molar-refractivity contribution is 7.18. The number of thiazole rings is 1. The maximum Gasteiger partial charge on any atom is 0.307 e. The van der Waals surface area contributed by atoms with E-state index in [0.29, 0.717) is 18.8 Å². The van der Waals surface area contributed by atoms with E-state index >= 15 is 0 Å². The molecule has 180 valence electrons. The quantitative estimate of drug-likeness (QED) is 0.254. The van der Waals surface area contributed by atoms with Gasteiger partial charge in [-0.3, -0.25) is 4.79 Å². The number of carboxylic acids is 1. The smallest absolute Gasteiger partial charge is 0.307 e. The van der Waals surface area contributed by atoms with Crippen molar-refractivity contribution in [3.05, 3.63) is 112 Å². The van der Waals surface area contributed by atoms with E-state index in [1.165, 1.54) is 15.8 Å². The SMILES string of the molecule is CCc1ccc2nc(Cc3cc(Cc4ccccc4)nc(Nc4ccc(CC(=O)O)cc4)n3)sc2c1. The highest BCUT2D eigenvalue weighted by Gasteiger charge is 2.11. The van der Waals surface area contributed by atoms with E-state index < -0.39 is 5.97 Å². The molecule has 5 aromatic rings. The van der Waals surface area contributed by atoms with Crippen molar-refractivity contribution in [3.63, 3.8) is 0 Å². The molecule has 0 saturated carbocycles. The van der Waals surface area contributed by atoms with E-state index in [1.807, 2.05) is 30.3 Å². The molecule has 0 bridgehead atoms. The Morgan fingerprint density at radius 3 is 2.28 bits per heavy atom. The first-order valence-electron chi connectivity index (χ1n) is 11.9. The molecule has 0 aliphatic heterocycles. The van der Waals surface area contributed by atoms with E-state index in [-0.39, 0.29) is 6.42 Å². The summed E-state index contributed by atoms with van der Waals surface area (Å²) in [6, 6.07) is 26.1. The Bertz CT molecular complexity index is 1500. The van der Waals surface area contributed by atoms with Crippen LogP contribution in [0.4, 0.5) is 11.6 Å². The third-order valence-electron chi connectivity index (χ3n) is 5.86. The number of aromatic nitrogens is 3. The molecule has 36 heavy (non-hydrogen) atoms. The van der Waals surface area contributed by atoms with Crippen molar-refractivity contribution in [3.8, 4) is 0 Å². The second-order valence-corrected chi connectivity index (χ2v) is 9.78. The molecule has 6 nitrogen and oxygen atoms in total. The molecule has 0 atom stereocenters. The summed E-state index contributed by atoms with van der Waals surface area (Å²) in [5, 5.41) is 13.3. The Labute approximate surface area is 213 Å². The fourth-order valence-corrected chi connectivity index (χ4v) is 5.12. The number of aliphatic carboxylic acids is 1. The predicted octanol–water partition coefficient (Wildman–Crippen LogP) is 6.20. The summed E-state index contributed by atoms with van der Waals surface area (Å²) in [7, 11) is 0. The number of nitrogens with zero attached hydrogens (tertiary/aromatic N) is 3. The zero-order valence-electron chi connectivity index (χ0n) is 19.9. The Hall–Kier alpha value is -4.10. The summed E-state index contributed by atoms with van der Waals surface area (Å²) in [5.74, 6) is -0.336. The fourth-order valence-electron chi connectivity index (χ4n) is 4.07. The molecule has 0 amide bonds. The number of hydrogen-bond donors (Lipinski definition) is 2. The Morgan fingerprint density at radius 2 is 1.56 bits per heavy atom. The van der Waals surface area contributed by atoms with Crippen LogP contribution in [0.3, 0.4) is 0 Å². The average molecular weight is 495 g/mol. The van der Waals surface area contributed by atoms with Gasteiger partial charge in [-0.25, -0.2) is 15.0 Å². The van der Waals surface area contributed by atoms with Crippen molar-refractivity contribution in [1.82, 2.24) is 15.0 Å². The molecular weight excluding hydrogens is 468 g/mol. The molecule has 0 spiro atoms. The molecule has 3 aromatic carbocycles. The fraction of sp³-hybridized carbons (Fsp3) is 0.172. The molecule has 7 heteroatoms. The molecule has 0 radical (unpaired) electrons. The normalized spacial score (nSPS) is 11.0. The standard InChI is InChI=1S/C29H26N4O2S/c1-2-19-10-13-25-26(15-19)36-27(33-25)18-24-17-23(14-20-6-4-3-5-7-20)31-29(32-24)30-22-11-8-21(9-12-22)16-28(34)35/h3-13,15,17H,2,14,16,18H2,1H3,(H,34,35)(H,30,31,32). The number of anilines is 2. The summed E-state index contributed by atoms with van der Waals surface area (Å²) < 4.78 is 1.20. The monoisotopic (exact) mass is 494 g/mol. The summed E-state index contributed by atoms with van der Waals surface area (Å²) in [6.45, 7) is 2.16. The number of nitrogens with one attached hydrogen (secondary N) is 1. The van der Waals surface area contributed by atoms with Crippen LogP contribution in [0.25, 0.3) is 10.2 Å². The molecule has 2 heterocycles. The van der Waals surface area contributed by atoms with Gasteiger partial charge in [-0.2, -0.15) is 0 Å². The first-order chi connectivity index (χ1) is 17.5. The average Bonchev–Trinajstić information content (AvgIpc) is 3.26. The van der Waals surface area contributed by atoms with Gasteiger partial charge in [0, 0.05) is 18.5 Å². The number of hydrogen-bond acceptors (Lipinski definition) is 6. The number of carboxylic acid groups (broad SMARTS) is 1. The van der Waals surface area contributed by atoms with Gasteiger partial charge in [-0.15, -0.1) is 11.3 Å². The largest absolute Gasteiger partial charge is 0.481 e. The highest BCUT2D eigenvalue weighted by atomic mass is 32.1. The minimum absolute atomic E-state index is 0.00456. The zero-order chi connectivity index (χ0) is 24.9. The molecule has 2 N–H and O–H groups in total. The molecule has 0 aliphatic rings. The van der Waals surface area contributed by atoms with Crippen LogP contribution in [0.1, 0.15) is 40.0 Å². The second-order valence-electron chi connectivity index (χ2n) is 8.67. The highest BCUT2D eigenvalue weighted by Crippen LogP contribution is 2.26. The van der Waals surface area contributed by atoms with E-state index in [2.05, 4.69) is 48.6 Å². The van der Waals surface area contributed by atoms with E-state index in [1.54, 1.807) is 23.5 Å². The van der Waals surface area contributed by atoms with Gasteiger partial charge >= 0.3 is 5.97 Å². The maximum absolute atomic E-state index is 11.0. The van der Waals surface area contributed by atoms with Crippen LogP contribution in [0.15, 0.2) is 78.9 Å². The molecule has 5 rings (SSSR count). The molecule has 0 unspecified atom stereocenters. The van der Waals surface area contributed by atoms with Gasteiger partial charge < -0.3 is 10.4 Å². The van der Waals surface area contributed by atoms with Crippen LogP contribution < -0.4 is 5.32 Å². The number of fused-ring (bicyclic) bond motifs is 1. The number of carbonyl (C=O) groups is 1. The second kappa shape index (κ2) is 10.7. The van der Waals surface area contributed by atoms with Gasteiger partial charge in [-0.1, -0.05) is 55.5 Å². The van der Waals surface area contributed by atoms with Crippen molar-refractivity contribution >= 4 is 39.2 Å². The van der Waals surface area contributed by atoms with Crippen LogP contribution in [-0.2, 0) is 30.5 Å². The van der Waals surface area contributed by atoms with Gasteiger partial charge in [0.25, 0.3) is 0 Å². The lowest BCUT2D eigenvalue weighted by molar-refractivity contribution is -0.136. The lowest BCUT2D eigenvalue weighted by Gasteiger charge is -2.10. The topological polar surface area (TPSA) is 88.0 Å². The van der Waals surface area contributed by atoms with E-state index in [0.717, 1.165) is 39.6 Å². The summed E-state index contributed by atoms with van der Waals surface area (Å²) >= 11 is 1.71. The first kappa shape index (κ1) is 23.6. The van der Waals surface area contributed by atoms with Crippen LogP contribution in [0, 0.1) is 0 Å². The molecular formula is C29H26N4O2S. The van der Waals surface area contributed by atoms with Gasteiger partial charge in [0.2, 0.25) is 5.95 Å². The van der Waals surface area contributed by atoms with Crippen LogP contribution >= 0.6 is 11.3 Å². The van der Waals surface area contributed by atoms with Crippen LogP contribution in [0.2, 0.25) is 0 Å².